The average Bonchev–Trinajstić information content (AvgIpc) is 3.15. The zero-order valence-electron chi connectivity index (χ0n) is 20.6. The van der Waals surface area contributed by atoms with Gasteiger partial charge in [0.25, 0.3) is 21.8 Å². The number of para-hydroxylation sites is 1. The highest BCUT2D eigenvalue weighted by Crippen LogP contribution is 2.25. The maximum atomic E-state index is 13.3. The highest BCUT2D eigenvalue weighted by atomic mass is 32.2. The lowest BCUT2D eigenvalue weighted by Crippen LogP contribution is -2.32. The topological polar surface area (TPSA) is 95.6 Å². The van der Waals surface area contributed by atoms with Gasteiger partial charge in [0.1, 0.15) is 0 Å². The average molecular weight is 506 g/mol. The molecule has 8 heteroatoms. The molecule has 0 aliphatic carbocycles. The summed E-state index contributed by atoms with van der Waals surface area (Å²) < 4.78 is 28.3. The molecule has 0 saturated carbocycles. The standard InChI is InChI=1S/C28H31N3O4S/c1-20-14-16-22(17-15-20)36(34,35)30-25-13-9-11-23(21(25)2)27(32)29-26-12-6-5-10-24(26)28(33)31-18-7-3-4-8-19-31/h5-6,9-17,30H,3-4,7-8,18-19H2,1-2H3,(H,29,32). The van der Waals surface area contributed by atoms with Crippen molar-refractivity contribution < 1.29 is 18.0 Å². The molecule has 0 aromatic heterocycles. The number of anilines is 2. The fourth-order valence-corrected chi connectivity index (χ4v) is 5.45. The summed E-state index contributed by atoms with van der Waals surface area (Å²) in [6, 6.07) is 18.4. The number of amides is 2. The molecule has 4 rings (SSSR count). The Morgan fingerprint density at radius 2 is 1.36 bits per heavy atom. The Labute approximate surface area is 212 Å². The Hall–Kier alpha value is -3.65. The molecule has 3 aromatic rings. The number of aryl methyl sites for hydroxylation is 1. The van der Waals surface area contributed by atoms with Crippen molar-refractivity contribution in [3.63, 3.8) is 0 Å². The minimum atomic E-state index is -3.82. The van der Waals surface area contributed by atoms with Crippen LogP contribution in [0.25, 0.3) is 0 Å². The normalized spacial score (nSPS) is 14.1. The van der Waals surface area contributed by atoms with E-state index in [0.717, 1.165) is 31.2 Å². The monoisotopic (exact) mass is 505 g/mol. The summed E-state index contributed by atoms with van der Waals surface area (Å²) in [6.07, 6.45) is 4.19. The van der Waals surface area contributed by atoms with Crippen LogP contribution < -0.4 is 10.0 Å². The van der Waals surface area contributed by atoms with Gasteiger partial charge < -0.3 is 10.2 Å². The van der Waals surface area contributed by atoms with Crippen molar-refractivity contribution in [1.82, 2.24) is 4.90 Å². The molecule has 0 spiro atoms. The van der Waals surface area contributed by atoms with E-state index in [2.05, 4.69) is 10.0 Å². The van der Waals surface area contributed by atoms with E-state index < -0.39 is 15.9 Å². The third kappa shape index (κ3) is 5.76. The lowest BCUT2D eigenvalue weighted by Gasteiger charge is -2.22. The van der Waals surface area contributed by atoms with Gasteiger partial charge in [-0.05, 0) is 68.7 Å². The molecule has 1 aliphatic heterocycles. The zero-order chi connectivity index (χ0) is 25.7. The van der Waals surface area contributed by atoms with Gasteiger partial charge in [-0.15, -0.1) is 0 Å². The molecule has 0 radical (unpaired) electrons. The van der Waals surface area contributed by atoms with Crippen molar-refractivity contribution in [3.8, 4) is 0 Å². The number of benzene rings is 3. The number of likely N-dealkylation sites (tertiary alicyclic amines) is 1. The Kier molecular flexibility index (Phi) is 7.74. The quantitative estimate of drug-likeness (QED) is 0.471. The molecule has 2 N–H and O–H groups in total. The second-order valence-electron chi connectivity index (χ2n) is 9.10. The summed E-state index contributed by atoms with van der Waals surface area (Å²) in [5.41, 5.74) is 2.96. The molecule has 0 unspecified atom stereocenters. The Morgan fingerprint density at radius 3 is 2.06 bits per heavy atom. The minimum absolute atomic E-state index is 0.0934. The second kappa shape index (κ2) is 11.0. The number of nitrogens with zero attached hydrogens (tertiary/aromatic N) is 1. The number of carbonyl (C=O) groups excluding carboxylic acids is 2. The molecular formula is C28H31N3O4S. The zero-order valence-corrected chi connectivity index (χ0v) is 21.4. The van der Waals surface area contributed by atoms with Crippen LogP contribution in [0.3, 0.4) is 0 Å². The van der Waals surface area contributed by atoms with E-state index in [1.54, 1.807) is 73.7 Å². The molecule has 188 valence electrons. The van der Waals surface area contributed by atoms with Crippen LogP contribution in [0.5, 0.6) is 0 Å². The lowest BCUT2D eigenvalue weighted by atomic mass is 10.1. The minimum Gasteiger partial charge on any atom is -0.339 e. The predicted octanol–water partition coefficient (Wildman–Crippen LogP) is 5.37. The van der Waals surface area contributed by atoms with Gasteiger partial charge in [0, 0.05) is 18.7 Å². The van der Waals surface area contributed by atoms with Gasteiger partial charge in [0.05, 0.1) is 21.8 Å². The summed E-state index contributed by atoms with van der Waals surface area (Å²) in [5, 5.41) is 2.87. The largest absolute Gasteiger partial charge is 0.339 e. The molecule has 2 amide bonds. The number of nitrogens with one attached hydrogen (secondary N) is 2. The fraction of sp³-hybridized carbons (Fsp3) is 0.286. The van der Waals surface area contributed by atoms with Gasteiger partial charge in [0.15, 0.2) is 0 Å². The van der Waals surface area contributed by atoms with Crippen LogP contribution in [-0.2, 0) is 10.0 Å². The molecular weight excluding hydrogens is 474 g/mol. The molecule has 1 fully saturated rings. The van der Waals surface area contributed by atoms with Crippen molar-refractivity contribution in [2.45, 2.75) is 44.4 Å². The Morgan fingerprint density at radius 1 is 0.750 bits per heavy atom. The Bertz CT molecular complexity index is 1360. The van der Waals surface area contributed by atoms with E-state index in [1.165, 1.54) is 0 Å². The summed E-state index contributed by atoms with van der Waals surface area (Å²) >= 11 is 0. The summed E-state index contributed by atoms with van der Waals surface area (Å²) in [5.74, 6) is -0.510. The molecule has 7 nitrogen and oxygen atoms in total. The smallest absolute Gasteiger partial charge is 0.261 e. The van der Waals surface area contributed by atoms with Gasteiger partial charge in [-0.2, -0.15) is 0 Å². The van der Waals surface area contributed by atoms with E-state index in [-0.39, 0.29) is 10.8 Å². The van der Waals surface area contributed by atoms with Crippen molar-refractivity contribution >= 4 is 33.2 Å². The van der Waals surface area contributed by atoms with E-state index in [9.17, 15) is 18.0 Å². The van der Waals surface area contributed by atoms with Crippen LogP contribution in [0.15, 0.2) is 71.6 Å². The van der Waals surface area contributed by atoms with E-state index in [1.807, 2.05) is 11.8 Å². The van der Waals surface area contributed by atoms with Crippen LogP contribution in [0.1, 0.15) is 57.5 Å². The van der Waals surface area contributed by atoms with Crippen molar-refractivity contribution in [3.05, 3.63) is 89.0 Å². The van der Waals surface area contributed by atoms with E-state index >= 15 is 0 Å². The first-order chi connectivity index (χ1) is 17.3. The van der Waals surface area contributed by atoms with Crippen molar-refractivity contribution in [2.75, 3.05) is 23.1 Å². The van der Waals surface area contributed by atoms with Gasteiger partial charge in [-0.25, -0.2) is 8.42 Å². The highest BCUT2D eigenvalue weighted by Gasteiger charge is 2.22. The first-order valence-electron chi connectivity index (χ1n) is 12.1. The Balaban J connectivity index is 1.56. The molecule has 1 aliphatic rings. The van der Waals surface area contributed by atoms with Gasteiger partial charge in [-0.1, -0.05) is 48.7 Å². The van der Waals surface area contributed by atoms with Crippen LogP contribution >= 0.6 is 0 Å². The van der Waals surface area contributed by atoms with Crippen molar-refractivity contribution in [2.24, 2.45) is 0 Å². The van der Waals surface area contributed by atoms with Crippen LogP contribution in [0, 0.1) is 13.8 Å². The molecule has 1 saturated heterocycles. The maximum absolute atomic E-state index is 13.3. The van der Waals surface area contributed by atoms with Crippen LogP contribution in [0.2, 0.25) is 0 Å². The highest BCUT2D eigenvalue weighted by molar-refractivity contribution is 7.92. The van der Waals surface area contributed by atoms with Crippen molar-refractivity contribution in [1.29, 1.82) is 0 Å². The number of rotatable bonds is 6. The van der Waals surface area contributed by atoms with Gasteiger partial charge >= 0.3 is 0 Å². The van der Waals surface area contributed by atoms with Gasteiger partial charge in [0.2, 0.25) is 0 Å². The summed E-state index contributed by atoms with van der Waals surface area (Å²) in [7, 11) is -3.82. The number of carbonyl (C=O) groups is 2. The molecule has 3 aromatic carbocycles. The number of sulfonamides is 1. The maximum Gasteiger partial charge on any atom is 0.261 e. The lowest BCUT2D eigenvalue weighted by molar-refractivity contribution is 0.0762. The molecule has 0 atom stereocenters. The summed E-state index contributed by atoms with van der Waals surface area (Å²) in [6.45, 7) is 5.00. The molecule has 1 heterocycles. The second-order valence-corrected chi connectivity index (χ2v) is 10.8. The summed E-state index contributed by atoms with van der Waals surface area (Å²) in [4.78, 5) is 28.5. The van der Waals surface area contributed by atoms with Crippen LogP contribution in [0.4, 0.5) is 11.4 Å². The number of hydrogen-bond donors (Lipinski definition) is 2. The third-order valence-corrected chi connectivity index (χ3v) is 7.83. The first kappa shape index (κ1) is 25.4. The third-order valence-electron chi connectivity index (χ3n) is 6.45. The molecule has 36 heavy (non-hydrogen) atoms. The predicted molar refractivity (Wildman–Crippen MR) is 142 cm³/mol. The fourth-order valence-electron chi connectivity index (χ4n) is 4.33. The van der Waals surface area contributed by atoms with E-state index in [4.69, 9.17) is 0 Å². The van der Waals surface area contributed by atoms with E-state index in [0.29, 0.717) is 41.2 Å². The SMILES string of the molecule is Cc1ccc(S(=O)(=O)Nc2cccc(C(=O)Nc3ccccc3C(=O)N3CCCCCC3)c2C)cc1. The van der Waals surface area contributed by atoms with Gasteiger partial charge in [-0.3, -0.25) is 14.3 Å². The number of hydrogen-bond acceptors (Lipinski definition) is 4. The van der Waals surface area contributed by atoms with Crippen LogP contribution in [-0.4, -0.2) is 38.2 Å². The first-order valence-corrected chi connectivity index (χ1v) is 13.6. The molecule has 0 bridgehead atoms.